The molecule has 4 nitrogen and oxygen atoms in total. The van der Waals surface area contributed by atoms with Crippen LogP contribution in [0.4, 0.5) is 17.1 Å². The molecule has 0 saturated heterocycles. The second kappa shape index (κ2) is 10.9. The average Bonchev–Trinajstić information content (AvgIpc) is 2.64. The van der Waals surface area contributed by atoms with Crippen LogP contribution in [0.1, 0.15) is 18.4 Å². The summed E-state index contributed by atoms with van der Waals surface area (Å²) in [5.74, 6) is 1.16. The SMILES string of the molecule is Nc1ccc(NC(=O)CCCc2ccc(N(CCCl)CCCl)cc2)cc1. The number of hydrogen-bond acceptors (Lipinski definition) is 3. The summed E-state index contributed by atoms with van der Waals surface area (Å²) >= 11 is 11.7. The molecule has 2 rings (SSSR count). The Morgan fingerprint density at radius 2 is 1.58 bits per heavy atom. The number of halogens is 2. The maximum absolute atomic E-state index is 12.0. The van der Waals surface area contributed by atoms with Crippen LogP contribution in [0.15, 0.2) is 48.5 Å². The lowest BCUT2D eigenvalue weighted by molar-refractivity contribution is -0.116. The smallest absolute Gasteiger partial charge is 0.224 e. The van der Waals surface area contributed by atoms with Crippen molar-refractivity contribution in [3.63, 3.8) is 0 Å². The van der Waals surface area contributed by atoms with Gasteiger partial charge in [-0.3, -0.25) is 4.79 Å². The molecular weight excluding hydrogens is 369 g/mol. The van der Waals surface area contributed by atoms with Crippen molar-refractivity contribution in [2.45, 2.75) is 19.3 Å². The fourth-order valence-corrected chi connectivity index (χ4v) is 3.10. The van der Waals surface area contributed by atoms with Crippen LogP contribution in [0.3, 0.4) is 0 Å². The summed E-state index contributed by atoms with van der Waals surface area (Å²) in [5.41, 5.74) is 9.42. The lowest BCUT2D eigenvalue weighted by Gasteiger charge is -2.23. The Morgan fingerprint density at radius 3 is 2.15 bits per heavy atom. The summed E-state index contributed by atoms with van der Waals surface area (Å²) in [5, 5.41) is 2.88. The molecule has 0 atom stereocenters. The van der Waals surface area contributed by atoms with Crippen LogP contribution < -0.4 is 16.0 Å². The molecule has 6 heteroatoms. The predicted molar refractivity (Wildman–Crippen MR) is 113 cm³/mol. The number of alkyl halides is 2. The second-order valence-corrected chi connectivity index (χ2v) is 6.81. The number of hydrogen-bond donors (Lipinski definition) is 2. The number of anilines is 3. The molecule has 0 heterocycles. The summed E-state index contributed by atoms with van der Waals surface area (Å²) in [6.07, 6.45) is 2.14. The Bertz CT molecular complexity index is 668. The molecule has 2 aromatic rings. The van der Waals surface area contributed by atoms with Crippen molar-refractivity contribution in [1.82, 2.24) is 0 Å². The highest BCUT2D eigenvalue weighted by Gasteiger charge is 2.06. The molecule has 0 aliphatic heterocycles. The number of nitrogen functional groups attached to an aromatic ring is 1. The molecule has 26 heavy (non-hydrogen) atoms. The molecule has 0 fully saturated rings. The third-order valence-corrected chi connectivity index (χ3v) is 4.41. The summed E-state index contributed by atoms with van der Waals surface area (Å²) in [7, 11) is 0. The highest BCUT2D eigenvalue weighted by molar-refractivity contribution is 6.18. The van der Waals surface area contributed by atoms with Gasteiger partial charge in [0.1, 0.15) is 0 Å². The number of aryl methyl sites for hydroxylation is 1. The van der Waals surface area contributed by atoms with Gasteiger partial charge < -0.3 is 16.0 Å². The lowest BCUT2D eigenvalue weighted by atomic mass is 10.1. The Kier molecular flexibility index (Phi) is 8.59. The standard InChI is InChI=1S/C20H25Cl2N3O/c21-12-14-25(15-13-22)19-10-4-16(5-11-19)2-1-3-20(26)24-18-8-6-17(23)7-9-18/h4-11H,1-3,12-15,23H2,(H,24,26). The van der Waals surface area contributed by atoms with E-state index in [1.807, 2.05) is 0 Å². The average molecular weight is 394 g/mol. The first-order chi connectivity index (χ1) is 12.6. The van der Waals surface area contributed by atoms with Gasteiger partial charge in [-0.1, -0.05) is 12.1 Å². The maximum atomic E-state index is 12.0. The van der Waals surface area contributed by atoms with Crippen molar-refractivity contribution in [1.29, 1.82) is 0 Å². The van der Waals surface area contributed by atoms with Gasteiger partial charge in [0.15, 0.2) is 0 Å². The van der Waals surface area contributed by atoms with E-state index in [1.165, 1.54) is 5.56 Å². The number of nitrogens with two attached hydrogens (primary N) is 1. The van der Waals surface area contributed by atoms with E-state index in [1.54, 1.807) is 24.3 Å². The molecule has 0 bridgehead atoms. The van der Waals surface area contributed by atoms with Gasteiger partial charge in [0, 0.05) is 48.3 Å². The number of carbonyl (C=O) groups is 1. The summed E-state index contributed by atoms with van der Waals surface area (Å²) < 4.78 is 0. The van der Waals surface area contributed by atoms with Crippen LogP contribution in [-0.2, 0) is 11.2 Å². The minimum absolute atomic E-state index is 0.0155. The zero-order valence-electron chi connectivity index (χ0n) is 14.8. The van der Waals surface area contributed by atoms with Crippen molar-refractivity contribution < 1.29 is 4.79 Å². The van der Waals surface area contributed by atoms with E-state index in [-0.39, 0.29) is 5.91 Å². The largest absolute Gasteiger partial charge is 0.399 e. The highest BCUT2D eigenvalue weighted by atomic mass is 35.5. The van der Waals surface area contributed by atoms with Crippen molar-refractivity contribution in [3.05, 3.63) is 54.1 Å². The minimum Gasteiger partial charge on any atom is -0.399 e. The van der Waals surface area contributed by atoms with Crippen molar-refractivity contribution in [2.75, 3.05) is 40.8 Å². The lowest BCUT2D eigenvalue weighted by Crippen LogP contribution is -2.27. The molecule has 0 radical (unpaired) electrons. The number of amides is 1. The van der Waals surface area contributed by atoms with Gasteiger partial charge in [0.05, 0.1) is 0 Å². The molecule has 140 valence electrons. The number of rotatable bonds is 10. The topological polar surface area (TPSA) is 58.4 Å². The fraction of sp³-hybridized carbons (Fsp3) is 0.350. The molecule has 0 aliphatic carbocycles. The summed E-state index contributed by atoms with van der Waals surface area (Å²) in [4.78, 5) is 14.2. The van der Waals surface area contributed by atoms with Gasteiger partial charge in [-0.2, -0.15) is 0 Å². The van der Waals surface area contributed by atoms with E-state index < -0.39 is 0 Å². The van der Waals surface area contributed by atoms with E-state index in [2.05, 4.69) is 34.5 Å². The van der Waals surface area contributed by atoms with Crippen LogP contribution in [-0.4, -0.2) is 30.8 Å². The first-order valence-electron chi connectivity index (χ1n) is 8.73. The zero-order chi connectivity index (χ0) is 18.8. The number of nitrogens with zero attached hydrogens (tertiary/aromatic N) is 1. The fourth-order valence-electron chi connectivity index (χ4n) is 2.69. The third-order valence-electron chi connectivity index (χ3n) is 4.07. The summed E-state index contributed by atoms with van der Waals surface area (Å²) in [6, 6.07) is 15.5. The number of carbonyl (C=O) groups excluding carboxylic acids is 1. The molecule has 3 N–H and O–H groups in total. The Hall–Kier alpha value is -1.91. The summed E-state index contributed by atoms with van der Waals surface area (Å²) in [6.45, 7) is 1.55. The quantitative estimate of drug-likeness (QED) is 0.460. The molecule has 0 unspecified atom stereocenters. The molecule has 0 aromatic heterocycles. The molecule has 1 amide bonds. The van der Waals surface area contributed by atoms with E-state index in [9.17, 15) is 4.79 Å². The van der Waals surface area contributed by atoms with E-state index in [4.69, 9.17) is 28.9 Å². The normalized spacial score (nSPS) is 10.5. The van der Waals surface area contributed by atoms with Gasteiger partial charge in [-0.15, -0.1) is 23.2 Å². The minimum atomic E-state index is 0.0155. The Labute approximate surface area is 165 Å². The third kappa shape index (κ3) is 6.77. The number of nitrogens with one attached hydrogen (secondary N) is 1. The molecule has 0 aliphatic rings. The van der Waals surface area contributed by atoms with E-state index in [0.717, 1.165) is 37.3 Å². The van der Waals surface area contributed by atoms with Gasteiger partial charge in [-0.05, 0) is 54.8 Å². The van der Waals surface area contributed by atoms with E-state index >= 15 is 0 Å². The van der Waals surface area contributed by atoms with Gasteiger partial charge in [0.2, 0.25) is 5.91 Å². The van der Waals surface area contributed by atoms with Crippen molar-refractivity contribution >= 4 is 46.2 Å². The Morgan fingerprint density at radius 1 is 0.962 bits per heavy atom. The maximum Gasteiger partial charge on any atom is 0.224 e. The predicted octanol–water partition coefficient (Wildman–Crippen LogP) is 4.51. The number of benzene rings is 2. The highest BCUT2D eigenvalue weighted by Crippen LogP contribution is 2.17. The van der Waals surface area contributed by atoms with Crippen LogP contribution in [0, 0.1) is 0 Å². The zero-order valence-corrected chi connectivity index (χ0v) is 16.3. The van der Waals surface area contributed by atoms with Crippen molar-refractivity contribution in [2.24, 2.45) is 0 Å². The Balaban J connectivity index is 1.78. The van der Waals surface area contributed by atoms with Crippen LogP contribution in [0.2, 0.25) is 0 Å². The van der Waals surface area contributed by atoms with Crippen LogP contribution >= 0.6 is 23.2 Å². The van der Waals surface area contributed by atoms with Gasteiger partial charge >= 0.3 is 0 Å². The molecular formula is C20H25Cl2N3O. The van der Waals surface area contributed by atoms with Gasteiger partial charge in [-0.25, -0.2) is 0 Å². The monoisotopic (exact) mass is 393 g/mol. The second-order valence-electron chi connectivity index (χ2n) is 6.06. The van der Waals surface area contributed by atoms with Gasteiger partial charge in [0.25, 0.3) is 0 Å². The van der Waals surface area contributed by atoms with Crippen LogP contribution in [0.5, 0.6) is 0 Å². The first-order valence-corrected chi connectivity index (χ1v) is 9.80. The van der Waals surface area contributed by atoms with E-state index in [0.29, 0.717) is 23.9 Å². The first kappa shape index (κ1) is 20.4. The van der Waals surface area contributed by atoms with Crippen molar-refractivity contribution in [3.8, 4) is 0 Å². The molecule has 0 saturated carbocycles. The molecule has 0 spiro atoms. The molecule has 2 aromatic carbocycles. The van der Waals surface area contributed by atoms with Crippen LogP contribution in [0.25, 0.3) is 0 Å².